The lowest BCUT2D eigenvalue weighted by atomic mass is 10.2. The van der Waals surface area contributed by atoms with Crippen molar-refractivity contribution in [3.63, 3.8) is 0 Å². The average Bonchev–Trinajstić information content (AvgIpc) is 2.87. The Morgan fingerprint density at radius 3 is 2.68 bits per heavy atom. The van der Waals surface area contributed by atoms with Crippen LogP contribution in [0.1, 0.15) is 18.4 Å². The van der Waals surface area contributed by atoms with Gasteiger partial charge in [-0.05, 0) is 37.1 Å². The third-order valence-electron chi connectivity index (χ3n) is 3.71. The van der Waals surface area contributed by atoms with Crippen LogP contribution in [0.3, 0.4) is 0 Å². The first-order valence-electron chi connectivity index (χ1n) is 6.80. The minimum Gasteiger partial charge on any atom is -0.480 e. The molecule has 1 N–H and O–H groups in total. The lowest BCUT2D eigenvalue weighted by Crippen LogP contribution is -2.35. The number of hydrogen-bond donors (Lipinski definition) is 1. The molecule has 0 bridgehead atoms. The molecule has 1 aliphatic rings. The Kier molecular flexibility index (Phi) is 6.37. The first kappa shape index (κ1) is 18.9. The Labute approximate surface area is 137 Å². The van der Waals surface area contributed by atoms with Crippen LogP contribution in [-0.2, 0) is 21.4 Å². The van der Waals surface area contributed by atoms with Crippen molar-refractivity contribution < 1.29 is 18.3 Å². The number of nitrogens with zero attached hydrogens (tertiary/aromatic N) is 2. The van der Waals surface area contributed by atoms with Crippen LogP contribution in [0.25, 0.3) is 0 Å². The van der Waals surface area contributed by atoms with Crippen molar-refractivity contribution in [2.45, 2.75) is 30.3 Å². The Morgan fingerprint density at radius 1 is 1.41 bits per heavy atom. The van der Waals surface area contributed by atoms with Gasteiger partial charge >= 0.3 is 5.97 Å². The standard InChI is InChI=1S/C14H20N2O4S.ClH/c1-15(2)21(19,20)12-6-3-5-11(9-12)10-16-8-4-7-13(16)14(17)18;/h3,5-6,9,13H,4,7-8,10H2,1-2H3,(H,17,18);1H/t13-;/m0./s1. The molecule has 22 heavy (non-hydrogen) atoms. The third kappa shape index (κ3) is 3.98. The second-order valence-corrected chi connectivity index (χ2v) is 7.55. The molecule has 1 saturated heterocycles. The quantitative estimate of drug-likeness (QED) is 0.870. The van der Waals surface area contributed by atoms with Crippen molar-refractivity contribution in [1.82, 2.24) is 9.21 Å². The molecule has 124 valence electrons. The maximum absolute atomic E-state index is 12.1. The minimum absolute atomic E-state index is 0. The summed E-state index contributed by atoms with van der Waals surface area (Å²) >= 11 is 0. The number of hydrogen-bond acceptors (Lipinski definition) is 4. The molecular weight excluding hydrogens is 328 g/mol. The van der Waals surface area contributed by atoms with Crippen LogP contribution in [0.15, 0.2) is 29.2 Å². The molecule has 1 heterocycles. The van der Waals surface area contributed by atoms with Crippen LogP contribution < -0.4 is 0 Å². The fourth-order valence-electron chi connectivity index (χ4n) is 2.54. The molecule has 0 saturated carbocycles. The van der Waals surface area contributed by atoms with Crippen molar-refractivity contribution in [3.05, 3.63) is 29.8 Å². The molecular formula is C14H21ClN2O4S. The molecule has 1 aromatic rings. The molecule has 0 amide bonds. The van der Waals surface area contributed by atoms with Crippen LogP contribution in [-0.4, -0.2) is 55.4 Å². The highest BCUT2D eigenvalue weighted by Gasteiger charge is 2.30. The van der Waals surface area contributed by atoms with E-state index in [4.69, 9.17) is 0 Å². The highest BCUT2D eigenvalue weighted by molar-refractivity contribution is 7.89. The Bertz CT molecular complexity index is 633. The predicted octanol–water partition coefficient (Wildman–Crippen LogP) is 1.41. The lowest BCUT2D eigenvalue weighted by molar-refractivity contribution is -0.142. The molecule has 8 heteroatoms. The van der Waals surface area contributed by atoms with Crippen LogP contribution in [0, 0.1) is 0 Å². The van der Waals surface area contributed by atoms with Gasteiger partial charge in [0, 0.05) is 20.6 Å². The van der Waals surface area contributed by atoms with Gasteiger partial charge in [0.1, 0.15) is 6.04 Å². The summed E-state index contributed by atoms with van der Waals surface area (Å²) in [5, 5.41) is 9.17. The van der Waals surface area contributed by atoms with E-state index in [9.17, 15) is 18.3 Å². The second kappa shape index (κ2) is 7.41. The first-order chi connectivity index (χ1) is 9.82. The molecule has 1 aliphatic heterocycles. The fourth-order valence-corrected chi connectivity index (χ4v) is 3.52. The van der Waals surface area contributed by atoms with Gasteiger partial charge in [-0.15, -0.1) is 12.4 Å². The summed E-state index contributed by atoms with van der Waals surface area (Å²) in [5.74, 6) is -0.815. The summed E-state index contributed by atoms with van der Waals surface area (Å²) in [6, 6.07) is 6.21. The molecule has 2 rings (SSSR count). The summed E-state index contributed by atoms with van der Waals surface area (Å²) in [4.78, 5) is 13.3. The van der Waals surface area contributed by atoms with Gasteiger partial charge < -0.3 is 5.11 Å². The molecule has 0 radical (unpaired) electrons. The maximum atomic E-state index is 12.1. The predicted molar refractivity (Wildman–Crippen MR) is 85.6 cm³/mol. The Balaban J connectivity index is 0.00000242. The summed E-state index contributed by atoms with van der Waals surface area (Å²) in [7, 11) is -0.486. The Morgan fingerprint density at radius 2 is 2.09 bits per heavy atom. The van der Waals surface area contributed by atoms with E-state index in [1.54, 1.807) is 18.2 Å². The number of benzene rings is 1. The van der Waals surface area contributed by atoms with Gasteiger partial charge in [0.2, 0.25) is 10.0 Å². The lowest BCUT2D eigenvalue weighted by Gasteiger charge is -2.21. The van der Waals surface area contributed by atoms with E-state index in [0.29, 0.717) is 13.0 Å². The molecule has 1 fully saturated rings. The van der Waals surface area contributed by atoms with Gasteiger partial charge in [-0.3, -0.25) is 9.69 Å². The number of carbonyl (C=O) groups is 1. The van der Waals surface area contributed by atoms with Crippen LogP contribution in [0.5, 0.6) is 0 Å². The van der Waals surface area contributed by atoms with Crippen molar-refractivity contribution in [1.29, 1.82) is 0 Å². The van der Waals surface area contributed by atoms with Gasteiger partial charge in [0.05, 0.1) is 4.90 Å². The normalized spacial score (nSPS) is 19.1. The summed E-state index contributed by atoms with van der Waals surface area (Å²) in [5.41, 5.74) is 0.811. The SMILES string of the molecule is CN(C)S(=O)(=O)c1cccc(CN2CCC[C@H]2C(=O)O)c1.Cl. The molecule has 1 aromatic carbocycles. The average molecular weight is 349 g/mol. The van der Waals surface area contributed by atoms with Gasteiger partial charge in [-0.1, -0.05) is 12.1 Å². The number of sulfonamides is 1. The summed E-state index contributed by atoms with van der Waals surface area (Å²) in [6.07, 6.45) is 1.50. The molecule has 0 spiro atoms. The van der Waals surface area contributed by atoms with E-state index >= 15 is 0 Å². The maximum Gasteiger partial charge on any atom is 0.320 e. The fraction of sp³-hybridized carbons (Fsp3) is 0.500. The van der Waals surface area contributed by atoms with Crippen LogP contribution >= 0.6 is 12.4 Å². The molecule has 0 aliphatic carbocycles. The van der Waals surface area contributed by atoms with Gasteiger partial charge in [-0.25, -0.2) is 12.7 Å². The smallest absolute Gasteiger partial charge is 0.320 e. The van der Waals surface area contributed by atoms with Gasteiger partial charge in [0.25, 0.3) is 0 Å². The van der Waals surface area contributed by atoms with E-state index in [0.717, 1.165) is 18.5 Å². The molecule has 6 nitrogen and oxygen atoms in total. The Hall–Kier alpha value is -1.15. The van der Waals surface area contributed by atoms with Crippen LogP contribution in [0.2, 0.25) is 0 Å². The summed E-state index contributed by atoms with van der Waals surface area (Å²) < 4.78 is 25.4. The summed E-state index contributed by atoms with van der Waals surface area (Å²) in [6.45, 7) is 1.18. The number of halogens is 1. The van der Waals surface area contributed by atoms with E-state index in [1.165, 1.54) is 18.4 Å². The first-order valence-corrected chi connectivity index (χ1v) is 8.24. The number of carboxylic acids is 1. The van der Waals surface area contributed by atoms with Crippen molar-refractivity contribution in [2.24, 2.45) is 0 Å². The monoisotopic (exact) mass is 348 g/mol. The number of carboxylic acid groups (broad SMARTS) is 1. The number of rotatable bonds is 5. The van der Waals surface area contributed by atoms with Crippen molar-refractivity contribution in [3.8, 4) is 0 Å². The van der Waals surface area contributed by atoms with E-state index in [2.05, 4.69) is 0 Å². The molecule has 1 atom stereocenters. The van der Waals surface area contributed by atoms with E-state index in [-0.39, 0.29) is 17.3 Å². The zero-order valence-electron chi connectivity index (χ0n) is 12.6. The number of aliphatic carboxylic acids is 1. The highest BCUT2D eigenvalue weighted by atomic mass is 35.5. The number of likely N-dealkylation sites (tertiary alicyclic amines) is 1. The van der Waals surface area contributed by atoms with Gasteiger partial charge in [0.15, 0.2) is 0 Å². The second-order valence-electron chi connectivity index (χ2n) is 5.40. The van der Waals surface area contributed by atoms with E-state index < -0.39 is 22.0 Å². The van der Waals surface area contributed by atoms with Crippen molar-refractivity contribution in [2.75, 3.05) is 20.6 Å². The van der Waals surface area contributed by atoms with Gasteiger partial charge in [-0.2, -0.15) is 0 Å². The topological polar surface area (TPSA) is 77.9 Å². The largest absolute Gasteiger partial charge is 0.480 e. The molecule has 0 unspecified atom stereocenters. The highest BCUT2D eigenvalue weighted by Crippen LogP contribution is 2.22. The van der Waals surface area contributed by atoms with E-state index in [1.807, 2.05) is 11.0 Å². The zero-order valence-corrected chi connectivity index (χ0v) is 14.2. The van der Waals surface area contributed by atoms with Crippen molar-refractivity contribution >= 4 is 28.4 Å². The molecule has 0 aromatic heterocycles. The third-order valence-corrected chi connectivity index (χ3v) is 5.52. The van der Waals surface area contributed by atoms with Crippen LogP contribution in [0.4, 0.5) is 0 Å². The zero-order chi connectivity index (χ0) is 15.6. The minimum atomic E-state index is -3.46.